The fourth-order valence-electron chi connectivity index (χ4n) is 2.39. The van der Waals surface area contributed by atoms with E-state index >= 15 is 0 Å². The summed E-state index contributed by atoms with van der Waals surface area (Å²) in [4.78, 5) is 29.5. The maximum atomic E-state index is 12.7. The second kappa shape index (κ2) is 6.89. The minimum absolute atomic E-state index is 0.200. The SMILES string of the molecule is CCC(N)Cn1c(=O)c2c(ncn2CC)n(CCOC)c1=O. The van der Waals surface area contributed by atoms with E-state index in [0.29, 0.717) is 37.3 Å². The number of rotatable bonds is 7. The van der Waals surface area contributed by atoms with Gasteiger partial charge in [0, 0.05) is 26.2 Å². The molecule has 8 nitrogen and oxygen atoms in total. The molecule has 0 saturated carbocycles. The van der Waals surface area contributed by atoms with Crippen LogP contribution in [0.15, 0.2) is 15.9 Å². The maximum absolute atomic E-state index is 12.7. The smallest absolute Gasteiger partial charge is 0.332 e. The van der Waals surface area contributed by atoms with Crippen LogP contribution in [0, 0.1) is 0 Å². The molecular formula is C14H23N5O3. The lowest BCUT2D eigenvalue weighted by Crippen LogP contribution is -2.44. The Balaban J connectivity index is 2.72. The molecule has 2 N–H and O–H groups in total. The molecule has 1 unspecified atom stereocenters. The van der Waals surface area contributed by atoms with E-state index in [1.807, 2.05) is 13.8 Å². The van der Waals surface area contributed by atoms with Gasteiger partial charge >= 0.3 is 5.69 Å². The zero-order valence-electron chi connectivity index (χ0n) is 13.3. The fourth-order valence-corrected chi connectivity index (χ4v) is 2.39. The van der Waals surface area contributed by atoms with Gasteiger partial charge in [0.15, 0.2) is 11.2 Å². The summed E-state index contributed by atoms with van der Waals surface area (Å²) >= 11 is 0. The first-order valence-corrected chi connectivity index (χ1v) is 7.48. The number of methoxy groups -OCH3 is 1. The highest BCUT2D eigenvalue weighted by Crippen LogP contribution is 2.07. The fraction of sp³-hybridized carbons (Fsp3) is 0.643. The van der Waals surface area contributed by atoms with Gasteiger partial charge in [-0.1, -0.05) is 6.92 Å². The summed E-state index contributed by atoms with van der Waals surface area (Å²) in [5.41, 5.74) is 6.03. The second-order valence-corrected chi connectivity index (χ2v) is 5.21. The summed E-state index contributed by atoms with van der Waals surface area (Å²) in [6.07, 6.45) is 2.27. The van der Waals surface area contributed by atoms with E-state index in [1.165, 1.54) is 9.13 Å². The molecule has 8 heteroatoms. The van der Waals surface area contributed by atoms with Gasteiger partial charge in [0.05, 0.1) is 19.5 Å². The Morgan fingerprint density at radius 1 is 1.32 bits per heavy atom. The zero-order chi connectivity index (χ0) is 16.3. The number of fused-ring (bicyclic) bond motifs is 1. The number of hydrogen-bond acceptors (Lipinski definition) is 5. The van der Waals surface area contributed by atoms with Gasteiger partial charge in [-0.15, -0.1) is 0 Å². The van der Waals surface area contributed by atoms with Crippen LogP contribution in [0.25, 0.3) is 11.2 Å². The van der Waals surface area contributed by atoms with Crippen molar-refractivity contribution >= 4 is 11.2 Å². The molecule has 122 valence electrons. The first kappa shape index (κ1) is 16.4. The summed E-state index contributed by atoms with van der Waals surface area (Å²) < 4.78 is 9.48. The Morgan fingerprint density at radius 3 is 2.64 bits per heavy atom. The normalized spacial score (nSPS) is 12.9. The van der Waals surface area contributed by atoms with Crippen LogP contribution in [-0.2, 0) is 24.4 Å². The maximum Gasteiger partial charge on any atom is 0.332 e. The summed E-state index contributed by atoms with van der Waals surface area (Å²) in [5, 5.41) is 0. The van der Waals surface area contributed by atoms with Crippen molar-refractivity contribution in [3.05, 3.63) is 27.2 Å². The van der Waals surface area contributed by atoms with Crippen LogP contribution in [-0.4, -0.2) is 38.4 Å². The quantitative estimate of drug-likeness (QED) is 0.761. The molecule has 0 fully saturated rings. The minimum atomic E-state index is -0.389. The van der Waals surface area contributed by atoms with E-state index in [-0.39, 0.29) is 23.8 Å². The van der Waals surface area contributed by atoms with Crippen molar-refractivity contribution < 1.29 is 4.74 Å². The third-order valence-corrected chi connectivity index (χ3v) is 3.78. The average molecular weight is 309 g/mol. The summed E-state index contributed by atoms with van der Waals surface area (Å²) in [6, 6.07) is -0.239. The van der Waals surface area contributed by atoms with Gasteiger partial charge in [-0.05, 0) is 13.3 Å². The van der Waals surface area contributed by atoms with Gasteiger partial charge in [-0.25, -0.2) is 9.78 Å². The third kappa shape index (κ3) is 2.84. The molecule has 0 aliphatic heterocycles. The Labute approximate surface area is 128 Å². The topological polar surface area (TPSA) is 97.1 Å². The lowest BCUT2D eigenvalue weighted by molar-refractivity contribution is 0.186. The van der Waals surface area contributed by atoms with Crippen LogP contribution in [0.2, 0.25) is 0 Å². The van der Waals surface area contributed by atoms with Crippen molar-refractivity contribution in [3.63, 3.8) is 0 Å². The van der Waals surface area contributed by atoms with Crippen molar-refractivity contribution in [2.75, 3.05) is 13.7 Å². The molecule has 2 heterocycles. The lowest BCUT2D eigenvalue weighted by Gasteiger charge is -2.14. The average Bonchev–Trinajstić information content (AvgIpc) is 2.95. The van der Waals surface area contributed by atoms with E-state index < -0.39 is 0 Å². The van der Waals surface area contributed by atoms with E-state index in [1.54, 1.807) is 18.0 Å². The lowest BCUT2D eigenvalue weighted by atomic mass is 10.2. The van der Waals surface area contributed by atoms with E-state index in [0.717, 1.165) is 0 Å². The number of nitrogens with zero attached hydrogens (tertiary/aromatic N) is 4. The van der Waals surface area contributed by atoms with Crippen LogP contribution in [0.1, 0.15) is 20.3 Å². The first-order chi connectivity index (χ1) is 10.5. The van der Waals surface area contributed by atoms with Crippen molar-refractivity contribution in [3.8, 4) is 0 Å². The monoisotopic (exact) mass is 309 g/mol. The van der Waals surface area contributed by atoms with Gasteiger partial charge in [0.2, 0.25) is 0 Å². The molecule has 0 saturated heterocycles. The molecule has 1 atom stereocenters. The summed E-state index contributed by atoms with van der Waals surface area (Å²) in [5.74, 6) is 0. The number of aryl methyl sites for hydroxylation is 1. The summed E-state index contributed by atoms with van der Waals surface area (Å²) in [6.45, 7) is 5.36. The highest BCUT2D eigenvalue weighted by molar-refractivity contribution is 5.70. The van der Waals surface area contributed by atoms with E-state index in [9.17, 15) is 9.59 Å². The van der Waals surface area contributed by atoms with Crippen molar-refractivity contribution in [2.45, 2.75) is 45.9 Å². The van der Waals surface area contributed by atoms with Gasteiger partial charge in [-0.2, -0.15) is 0 Å². The van der Waals surface area contributed by atoms with Crippen molar-refractivity contribution in [1.29, 1.82) is 0 Å². The van der Waals surface area contributed by atoms with E-state index in [2.05, 4.69) is 4.98 Å². The molecule has 22 heavy (non-hydrogen) atoms. The molecule has 0 bridgehead atoms. The molecule has 2 aromatic heterocycles. The molecule has 2 rings (SSSR count). The minimum Gasteiger partial charge on any atom is -0.383 e. The van der Waals surface area contributed by atoms with Crippen LogP contribution < -0.4 is 17.0 Å². The predicted molar refractivity (Wildman–Crippen MR) is 84.1 cm³/mol. The zero-order valence-corrected chi connectivity index (χ0v) is 13.3. The molecule has 0 spiro atoms. The largest absolute Gasteiger partial charge is 0.383 e. The van der Waals surface area contributed by atoms with Crippen LogP contribution in [0.3, 0.4) is 0 Å². The number of hydrogen-bond donors (Lipinski definition) is 1. The molecule has 0 aliphatic rings. The predicted octanol–water partition coefficient (Wildman–Crippen LogP) is -0.237. The van der Waals surface area contributed by atoms with Gasteiger partial charge in [0.1, 0.15) is 0 Å². The summed E-state index contributed by atoms with van der Waals surface area (Å²) in [7, 11) is 1.57. The molecule has 0 aromatic carbocycles. The van der Waals surface area contributed by atoms with Crippen LogP contribution >= 0.6 is 0 Å². The van der Waals surface area contributed by atoms with Crippen molar-refractivity contribution in [2.24, 2.45) is 5.73 Å². The Kier molecular flexibility index (Phi) is 5.15. The number of aromatic nitrogens is 4. The van der Waals surface area contributed by atoms with Gasteiger partial charge in [0.25, 0.3) is 5.56 Å². The van der Waals surface area contributed by atoms with Crippen LogP contribution in [0.5, 0.6) is 0 Å². The molecule has 0 amide bonds. The Bertz CT molecular complexity index is 758. The number of ether oxygens (including phenoxy) is 1. The standard InChI is InChI=1S/C14H23N5O3/c1-4-10(15)8-19-13(20)11-12(16-9-17(11)5-2)18(14(19)21)6-7-22-3/h9-10H,4-8,15H2,1-3H3. The first-order valence-electron chi connectivity index (χ1n) is 7.48. The van der Waals surface area contributed by atoms with Crippen LogP contribution in [0.4, 0.5) is 0 Å². The molecular weight excluding hydrogens is 286 g/mol. The number of nitrogens with two attached hydrogens (primary N) is 1. The molecule has 0 aliphatic carbocycles. The van der Waals surface area contributed by atoms with E-state index in [4.69, 9.17) is 10.5 Å². The Hall–Kier alpha value is -1.93. The highest BCUT2D eigenvalue weighted by Gasteiger charge is 2.18. The molecule has 0 radical (unpaired) electrons. The van der Waals surface area contributed by atoms with Crippen molar-refractivity contribution in [1.82, 2.24) is 18.7 Å². The Morgan fingerprint density at radius 2 is 2.05 bits per heavy atom. The second-order valence-electron chi connectivity index (χ2n) is 5.21. The molecule has 2 aromatic rings. The number of imidazole rings is 1. The van der Waals surface area contributed by atoms with Gasteiger partial charge in [-0.3, -0.25) is 13.9 Å². The van der Waals surface area contributed by atoms with Gasteiger partial charge < -0.3 is 15.0 Å². The third-order valence-electron chi connectivity index (χ3n) is 3.78. The highest BCUT2D eigenvalue weighted by atomic mass is 16.5.